The molecule has 8 heteroatoms. The predicted molar refractivity (Wildman–Crippen MR) is 98.5 cm³/mol. The van der Waals surface area contributed by atoms with E-state index in [1.165, 1.54) is 31.4 Å². The number of esters is 2. The number of methoxy groups -OCH3 is 1. The number of para-hydroxylation sites is 1. The van der Waals surface area contributed by atoms with E-state index in [1.807, 2.05) is 0 Å². The Morgan fingerprint density at radius 3 is 2.59 bits per heavy atom. The number of halogens is 1. The lowest BCUT2D eigenvalue weighted by atomic mass is 10.2. The number of rotatable bonds is 5. The van der Waals surface area contributed by atoms with Crippen LogP contribution in [0.1, 0.15) is 20.0 Å². The van der Waals surface area contributed by atoms with Crippen molar-refractivity contribution in [3.8, 4) is 0 Å². The van der Waals surface area contributed by atoms with Crippen molar-refractivity contribution in [2.24, 2.45) is 0 Å². The van der Waals surface area contributed by atoms with Gasteiger partial charge in [-0.3, -0.25) is 4.79 Å². The minimum Gasteiger partial charge on any atom is -0.465 e. The molecule has 0 fully saturated rings. The van der Waals surface area contributed by atoms with Gasteiger partial charge in [-0.15, -0.1) is 11.3 Å². The minimum absolute atomic E-state index is 0.180. The van der Waals surface area contributed by atoms with Crippen molar-refractivity contribution in [1.82, 2.24) is 0 Å². The van der Waals surface area contributed by atoms with E-state index in [-0.39, 0.29) is 16.1 Å². The van der Waals surface area contributed by atoms with Gasteiger partial charge in [0.15, 0.2) is 6.61 Å². The second-order valence-corrected chi connectivity index (χ2v) is 6.51. The van der Waals surface area contributed by atoms with Gasteiger partial charge in [0.05, 0.1) is 18.4 Å². The van der Waals surface area contributed by atoms with Crippen LogP contribution in [0.4, 0.5) is 10.1 Å². The number of anilines is 1. The summed E-state index contributed by atoms with van der Waals surface area (Å²) < 4.78 is 23.9. The summed E-state index contributed by atoms with van der Waals surface area (Å²) in [6.07, 6.45) is 0. The molecular weight excluding hydrogens is 373 g/mol. The summed E-state index contributed by atoms with van der Waals surface area (Å²) in [5, 5.41) is 2.82. The first kappa shape index (κ1) is 18.5. The Morgan fingerprint density at radius 1 is 1.07 bits per heavy atom. The van der Waals surface area contributed by atoms with Crippen LogP contribution in [0.25, 0.3) is 10.1 Å². The maximum Gasteiger partial charge on any atom is 0.348 e. The molecule has 0 saturated heterocycles. The fourth-order valence-electron chi connectivity index (χ4n) is 2.39. The summed E-state index contributed by atoms with van der Waals surface area (Å²) in [6, 6.07) is 12.2. The summed E-state index contributed by atoms with van der Waals surface area (Å²) >= 11 is 1.08. The standard InChI is InChI=1S/C19H14FNO5S/c1-25-18(23)11-5-2-3-7-14(11)21-17(22)10-26-19(24)16-9-12-13(20)6-4-8-15(12)27-16/h2-9H,10H2,1H3,(H,21,22). The Bertz CT molecular complexity index is 1030. The Morgan fingerprint density at radius 2 is 1.85 bits per heavy atom. The smallest absolute Gasteiger partial charge is 0.348 e. The number of hydrogen-bond donors (Lipinski definition) is 1. The summed E-state index contributed by atoms with van der Waals surface area (Å²) in [4.78, 5) is 36.0. The zero-order chi connectivity index (χ0) is 19.4. The average molecular weight is 387 g/mol. The Kier molecular flexibility index (Phi) is 5.46. The van der Waals surface area contributed by atoms with Gasteiger partial charge in [-0.25, -0.2) is 14.0 Å². The van der Waals surface area contributed by atoms with Gasteiger partial charge in [0.25, 0.3) is 5.91 Å². The molecule has 6 nitrogen and oxygen atoms in total. The van der Waals surface area contributed by atoms with Gasteiger partial charge in [0, 0.05) is 10.1 Å². The molecule has 0 unspecified atom stereocenters. The lowest BCUT2D eigenvalue weighted by molar-refractivity contribution is -0.119. The summed E-state index contributed by atoms with van der Waals surface area (Å²) in [5.41, 5.74) is 0.425. The van der Waals surface area contributed by atoms with Crippen molar-refractivity contribution in [3.63, 3.8) is 0 Å². The molecule has 0 aliphatic carbocycles. The molecule has 1 N–H and O–H groups in total. The first-order valence-electron chi connectivity index (χ1n) is 7.82. The number of carbonyl (C=O) groups excluding carboxylic acids is 3. The highest BCUT2D eigenvalue weighted by Gasteiger charge is 2.17. The number of amides is 1. The Labute approximate surface area is 157 Å². The lowest BCUT2D eigenvalue weighted by Gasteiger charge is -2.09. The second-order valence-electron chi connectivity index (χ2n) is 5.42. The number of carbonyl (C=O) groups is 3. The van der Waals surface area contributed by atoms with Crippen LogP contribution in [-0.2, 0) is 14.3 Å². The number of nitrogens with one attached hydrogen (secondary N) is 1. The second kappa shape index (κ2) is 7.96. The van der Waals surface area contributed by atoms with E-state index < -0.39 is 30.3 Å². The molecule has 0 spiro atoms. The summed E-state index contributed by atoms with van der Waals surface area (Å²) in [7, 11) is 1.23. The molecule has 0 aliphatic rings. The highest BCUT2D eigenvalue weighted by Crippen LogP contribution is 2.28. The van der Waals surface area contributed by atoms with Gasteiger partial charge in [0.1, 0.15) is 10.7 Å². The fraction of sp³-hybridized carbons (Fsp3) is 0.105. The molecule has 2 aromatic carbocycles. The molecule has 3 aromatic rings. The van der Waals surface area contributed by atoms with Gasteiger partial charge in [-0.05, 0) is 30.3 Å². The SMILES string of the molecule is COC(=O)c1ccccc1NC(=O)COC(=O)c1cc2c(F)cccc2s1. The van der Waals surface area contributed by atoms with E-state index in [1.54, 1.807) is 24.3 Å². The van der Waals surface area contributed by atoms with Crippen molar-refractivity contribution in [1.29, 1.82) is 0 Å². The van der Waals surface area contributed by atoms with Gasteiger partial charge >= 0.3 is 11.9 Å². The Hall–Kier alpha value is -3.26. The third-order valence-electron chi connectivity index (χ3n) is 3.65. The zero-order valence-corrected chi connectivity index (χ0v) is 15.0. The molecule has 27 heavy (non-hydrogen) atoms. The van der Waals surface area contributed by atoms with Crippen LogP contribution in [-0.4, -0.2) is 31.6 Å². The van der Waals surface area contributed by atoms with Gasteiger partial charge in [-0.1, -0.05) is 18.2 Å². The number of thiophene rings is 1. The lowest BCUT2D eigenvalue weighted by Crippen LogP contribution is -2.22. The number of fused-ring (bicyclic) bond motifs is 1. The van der Waals surface area contributed by atoms with Crippen molar-refractivity contribution in [2.45, 2.75) is 0 Å². The topological polar surface area (TPSA) is 81.7 Å². The van der Waals surface area contributed by atoms with Crippen molar-refractivity contribution in [2.75, 3.05) is 19.0 Å². The quantitative estimate of drug-likeness (QED) is 0.676. The van der Waals surface area contributed by atoms with Crippen LogP contribution in [0.15, 0.2) is 48.5 Å². The predicted octanol–water partition coefficient (Wildman–Crippen LogP) is 3.62. The summed E-state index contributed by atoms with van der Waals surface area (Å²) in [6.45, 7) is -0.551. The molecule has 1 amide bonds. The van der Waals surface area contributed by atoms with Gasteiger partial charge in [-0.2, -0.15) is 0 Å². The number of ether oxygens (including phenoxy) is 2. The Balaban J connectivity index is 1.64. The maximum absolute atomic E-state index is 13.7. The normalized spacial score (nSPS) is 10.4. The summed E-state index contributed by atoms with van der Waals surface area (Å²) in [5.74, 6) is -2.38. The number of hydrogen-bond acceptors (Lipinski definition) is 6. The first-order chi connectivity index (χ1) is 13.0. The average Bonchev–Trinajstić information content (AvgIpc) is 3.12. The van der Waals surface area contributed by atoms with Crippen molar-refractivity contribution in [3.05, 3.63) is 64.8 Å². The van der Waals surface area contributed by atoms with E-state index in [9.17, 15) is 18.8 Å². The van der Waals surface area contributed by atoms with Crippen LogP contribution < -0.4 is 5.32 Å². The third-order valence-corrected chi connectivity index (χ3v) is 4.73. The van der Waals surface area contributed by atoms with Crippen molar-refractivity contribution >= 4 is 45.0 Å². The molecule has 1 aromatic heterocycles. The van der Waals surface area contributed by atoms with E-state index in [0.717, 1.165) is 11.3 Å². The largest absolute Gasteiger partial charge is 0.465 e. The molecule has 1 heterocycles. The molecular formula is C19H14FNO5S. The maximum atomic E-state index is 13.7. The van der Waals surface area contributed by atoms with Crippen LogP contribution in [0, 0.1) is 5.82 Å². The third kappa shape index (κ3) is 4.12. The monoisotopic (exact) mass is 387 g/mol. The first-order valence-corrected chi connectivity index (χ1v) is 8.63. The molecule has 138 valence electrons. The molecule has 3 rings (SSSR count). The van der Waals surface area contributed by atoms with Gasteiger partial charge < -0.3 is 14.8 Å². The van der Waals surface area contributed by atoms with Crippen LogP contribution >= 0.6 is 11.3 Å². The molecule has 0 aliphatic heterocycles. The van der Waals surface area contributed by atoms with E-state index in [2.05, 4.69) is 10.1 Å². The van der Waals surface area contributed by atoms with Crippen molar-refractivity contribution < 1.29 is 28.2 Å². The minimum atomic E-state index is -0.730. The van der Waals surface area contributed by atoms with Gasteiger partial charge in [0.2, 0.25) is 0 Å². The molecule has 0 saturated carbocycles. The number of benzene rings is 2. The molecule has 0 bridgehead atoms. The van der Waals surface area contributed by atoms with Crippen LogP contribution in [0.3, 0.4) is 0 Å². The highest BCUT2D eigenvalue weighted by atomic mass is 32.1. The zero-order valence-electron chi connectivity index (χ0n) is 14.2. The van der Waals surface area contributed by atoms with E-state index in [4.69, 9.17) is 4.74 Å². The van der Waals surface area contributed by atoms with Crippen LogP contribution in [0.5, 0.6) is 0 Å². The molecule has 0 atom stereocenters. The highest BCUT2D eigenvalue weighted by molar-refractivity contribution is 7.20. The van der Waals surface area contributed by atoms with E-state index in [0.29, 0.717) is 10.1 Å². The fourth-order valence-corrected chi connectivity index (χ4v) is 3.36. The van der Waals surface area contributed by atoms with Crippen LogP contribution in [0.2, 0.25) is 0 Å². The van der Waals surface area contributed by atoms with E-state index >= 15 is 0 Å². The molecule has 0 radical (unpaired) electrons.